The van der Waals surface area contributed by atoms with E-state index >= 15 is 0 Å². The summed E-state index contributed by atoms with van der Waals surface area (Å²) in [6.45, 7) is 4.19. The van der Waals surface area contributed by atoms with Crippen LogP contribution in [-0.2, 0) is 0 Å². The highest BCUT2D eigenvalue weighted by atomic mass is 15.0. The van der Waals surface area contributed by atoms with Gasteiger partial charge in [-0.1, -0.05) is 78.9 Å². The lowest BCUT2D eigenvalue weighted by atomic mass is 10.0. The van der Waals surface area contributed by atoms with E-state index < -0.39 is 0 Å². The minimum absolute atomic E-state index is 0.692. The first kappa shape index (κ1) is 16.2. The number of hydrogen-bond donors (Lipinski definition) is 0. The van der Waals surface area contributed by atoms with Crippen LogP contribution in [0.15, 0.2) is 78.9 Å². The molecule has 0 unspecified atom stereocenters. The Morgan fingerprint density at radius 3 is 1.35 bits per heavy atom. The normalized spacial score (nSPS) is 10.7. The number of nitrogens with zero attached hydrogens (tertiary/aromatic N) is 3. The van der Waals surface area contributed by atoms with Gasteiger partial charge in [-0.25, -0.2) is 15.0 Å². The minimum atomic E-state index is 0.692. The lowest BCUT2D eigenvalue weighted by molar-refractivity contribution is 1.07. The van der Waals surface area contributed by atoms with Crippen molar-refractivity contribution in [2.75, 3.05) is 0 Å². The average molecular weight is 337 g/mol. The van der Waals surface area contributed by atoms with Gasteiger partial charge in [-0.2, -0.15) is 0 Å². The number of rotatable bonds is 3. The minimum Gasteiger partial charge on any atom is -0.208 e. The van der Waals surface area contributed by atoms with Gasteiger partial charge in [0.15, 0.2) is 17.5 Å². The topological polar surface area (TPSA) is 38.7 Å². The highest BCUT2D eigenvalue weighted by Gasteiger charge is 2.14. The maximum Gasteiger partial charge on any atom is 0.164 e. The molecule has 126 valence electrons. The summed E-state index contributed by atoms with van der Waals surface area (Å²) >= 11 is 0. The number of aromatic nitrogens is 3. The molecular weight excluding hydrogens is 318 g/mol. The zero-order valence-corrected chi connectivity index (χ0v) is 14.8. The fraction of sp³-hybridized carbons (Fsp3) is 0.0870. The van der Waals surface area contributed by atoms with Crippen molar-refractivity contribution in [3.05, 3.63) is 90.0 Å². The summed E-state index contributed by atoms with van der Waals surface area (Å²) in [6.07, 6.45) is 0. The van der Waals surface area contributed by atoms with Crippen LogP contribution in [0.5, 0.6) is 0 Å². The molecule has 0 radical (unpaired) electrons. The first-order valence-corrected chi connectivity index (χ1v) is 8.66. The molecule has 0 spiro atoms. The van der Waals surface area contributed by atoms with Crippen molar-refractivity contribution in [2.24, 2.45) is 0 Å². The Morgan fingerprint density at radius 2 is 0.885 bits per heavy atom. The molecule has 3 aromatic carbocycles. The van der Waals surface area contributed by atoms with E-state index in [1.54, 1.807) is 0 Å². The average Bonchev–Trinajstić information content (AvgIpc) is 2.69. The van der Waals surface area contributed by atoms with E-state index in [-0.39, 0.29) is 0 Å². The van der Waals surface area contributed by atoms with Crippen molar-refractivity contribution in [2.45, 2.75) is 13.8 Å². The maximum absolute atomic E-state index is 4.80. The fourth-order valence-corrected chi connectivity index (χ4v) is 3.09. The zero-order valence-electron chi connectivity index (χ0n) is 14.8. The van der Waals surface area contributed by atoms with Gasteiger partial charge in [0.1, 0.15) is 0 Å². The van der Waals surface area contributed by atoms with Crippen LogP contribution in [-0.4, -0.2) is 15.0 Å². The third-order valence-corrected chi connectivity index (χ3v) is 4.40. The third kappa shape index (κ3) is 3.11. The second-order valence-electron chi connectivity index (χ2n) is 6.31. The molecule has 0 aliphatic carbocycles. The maximum atomic E-state index is 4.80. The number of hydrogen-bond acceptors (Lipinski definition) is 3. The van der Waals surface area contributed by atoms with Crippen molar-refractivity contribution in [3.8, 4) is 34.2 Å². The molecule has 3 heteroatoms. The van der Waals surface area contributed by atoms with E-state index in [0.717, 1.165) is 27.8 Å². The SMILES string of the molecule is Cc1cccc(C)c1-c1nc(-c2ccccc2)nc(-c2ccccc2)n1. The largest absolute Gasteiger partial charge is 0.208 e. The van der Waals surface area contributed by atoms with Crippen molar-refractivity contribution in [3.63, 3.8) is 0 Å². The summed E-state index contributed by atoms with van der Waals surface area (Å²) in [5.74, 6) is 2.10. The molecule has 0 aliphatic heterocycles. The van der Waals surface area contributed by atoms with Gasteiger partial charge >= 0.3 is 0 Å². The smallest absolute Gasteiger partial charge is 0.164 e. The van der Waals surface area contributed by atoms with Crippen molar-refractivity contribution < 1.29 is 0 Å². The van der Waals surface area contributed by atoms with E-state index in [1.165, 1.54) is 0 Å². The Kier molecular flexibility index (Phi) is 4.28. The van der Waals surface area contributed by atoms with Gasteiger partial charge < -0.3 is 0 Å². The van der Waals surface area contributed by atoms with E-state index in [2.05, 4.69) is 32.0 Å². The second-order valence-corrected chi connectivity index (χ2v) is 6.31. The van der Waals surface area contributed by atoms with Gasteiger partial charge in [-0.15, -0.1) is 0 Å². The first-order valence-electron chi connectivity index (χ1n) is 8.66. The Balaban J connectivity index is 1.97. The molecule has 0 bridgehead atoms. The summed E-state index contributed by atoms with van der Waals surface area (Å²) in [5.41, 5.74) is 5.37. The predicted molar refractivity (Wildman–Crippen MR) is 106 cm³/mol. The molecule has 1 heterocycles. The lowest BCUT2D eigenvalue weighted by Crippen LogP contribution is -2.02. The van der Waals surface area contributed by atoms with Crippen LogP contribution < -0.4 is 0 Å². The number of aryl methyl sites for hydroxylation is 2. The van der Waals surface area contributed by atoms with Crippen LogP contribution in [0, 0.1) is 13.8 Å². The molecule has 3 nitrogen and oxygen atoms in total. The summed E-state index contributed by atoms with van der Waals surface area (Å²) in [5, 5.41) is 0. The molecule has 0 aliphatic rings. The van der Waals surface area contributed by atoms with Crippen LogP contribution in [0.2, 0.25) is 0 Å². The number of benzene rings is 3. The van der Waals surface area contributed by atoms with Crippen LogP contribution in [0.25, 0.3) is 34.2 Å². The molecule has 0 saturated carbocycles. The summed E-state index contributed by atoms with van der Waals surface area (Å²) in [7, 11) is 0. The van der Waals surface area contributed by atoms with Crippen molar-refractivity contribution >= 4 is 0 Å². The second kappa shape index (κ2) is 6.89. The Hall–Kier alpha value is -3.33. The molecule has 0 atom stereocenters. The molecule has 4 rings (SSSR count). The van der Waals surface area contributed by atoms with E-state index in [0.29, 0.717) is 17.5 Å². The van der Waals surface area contributed by atoms with Crippen LogP contribution in [0.4, 0.5) is 0 Å². The van der Waals surface area contributed by atoms with Crippen molar-refractivity contribution in [1.82, 2.24) is 15.0 Å². The van der Waals surface area contributed by atoms with Gasteiger partial charge in [0.25, 0.3) is 0 Å². The Labute approximate surface area is 153 Å². The highest BCUT2D eigenvalue weighted by Crippen LogP contribution is 2.28. The summed E-state index contributed by atoms with van der Waals surface area (Å²) in [4.78, 5) is 14.3. The lowest BCUT2D eigenvalue weighted by Gasteiger charge is -2.11. The molecule has 0 N–H and O–H groups in total. The van der Waals surface area contributed by atoms with Gasteiger partial charge in [-0.3, -0.25) is 0 Å². The third-order valence-electron chi connectivity index (χ3n) is 4.40. The molecule has 0 amide bonds. The Bertz CT molecular complexity index is 964. The van der Waals surface area contributed by atoms with Gasteiger partial charge in [0, 0.05) is 16.7 Å². The highest BCUT2D eigenvalue weighted by molar-refractivity contribution is 5.70. The van der Waals surface area contributed by atoms with Crippen molar-refractivity contribution in [1.29, 1.82) is 0 Å². The molecule has 0 fully saturated rings. The van der Waals surface area contributed by atoms with Crippen LogP contribution in [0.3, 0.4) is 0 Å². The molecule has 4 aromatic rings. The van der Waals surface area contributed by atoms with E-state index in [1.807, 2.05) is 60.7 Å². The standard InChI is InChI=1S/C23H19N3/c1-16-10-9-11-17(2)20(16)23-25-21(18-12-5-3-6-13-18)24-22(26-23)19-14-7-4-8-15-19/h3-15H,1-2H3. The fourth-order valence-electron chi connectivity index (χ4n) is 3.09. The van der Waals surface area contributed by atoms with Crippen LogP contribution >= 0.6 is 0 Å². The predicted octanol–water partition coefficient (Wildman–Crippen LogP) is 5.49. The molecule has 26 heavy (non-hydrogen) atoms. The quantitative estimate of drug-likeness (QED) is 0.496. The van der Waals surface area contributed by atoms with E-state index in [9.17, 15) is 0 Å². The molecule has 0 saturated heterocycles. The monoisotopic (exact) mass is 337 g/mol. The van der Waals surface area contributed by atoms with Gasteiger partial charge in [0.05, 0.1) is 0 Å². The Morgan fingerprint density at radius 1 is 0.462 bits per heavy atom. The molecule has 1 aromatic heterocycles. The summed E-state index contributed by atoms with van der Waals surface area (Å²) in [6, 6.07) is 26.3. The summed E-state index contributed by atoms with van der Waals surface area (Å²) < 4.78 is 0. The van der Waals surface area contributed by atoms with E-state index in [4.69, 9.17) is 15.0 Å². The molecular formula is C23H19N3. The van der Waals surface area contributed by atoms with Gasteiger partial charge in [-0.05, 0) is 25.0 Å². The van der Waals surface area contributed by atoms with Gasteiger partial charge in [0.2, 0.25) is 0 Å². The zero-order chi connectivity index (χ0) is 17.9. The first-order chi connectivity index (χ1) is 12.7. The van der Waals surface area contributed by atoms with Crippen LogP contribution in [0.1, 0.15) is 11.1 Å².